The number of nitrogens with one attached hydrogen (secondary N) is 2. The number of nitrogens with zero attached hydrogens (tertiary/aromatic N) is 2. The zero-order valence-corrected chi connectivity index (χ0v) is 18.6. The van der Waals surface area contributed by atoms with Crippen LogP contribution in [0.2, 0.25) is 0 Å². The minimum absolute atomic E-state index is 0.0959. The standard InChI is InChI=1S/C20H33FN4O3S/c1-5-29(26,27)25(4)12-6-11-23-20(22-3)24-15(2)17-9-10-19(18(21)13-17)28-14-16-7-8-16/h9-10,13,15-16H,5-8,11-12,14H2,1-4H3,(H2,22,23,24). The summed E-state index contributed by atoms with van der Waals surface area (Å²) in [5.41, 5.74) is 0.790. The van der Waals surface area contributed by atoms with Crippen molar-refractivity contribution in [2.45, 2.75) is 39.2 Å². The molecule has 29 heavy (non-hydrogen) atoms. The van der Waals surface area contributed by atoms with Crippen LogP contribution in [0.5, 0.6) is 5.75 Å². The molecule has 1 atom stereocenters. The molecule has 2 rings (SSSR count). The van der Waals surface area contributed by atoms with Crippen LogP contribution in [0.15, 0.2) is 23.2 Å². The number of sulfonamides is 1. The first-order chi connectivity index (χ1) is 13.8. The summed E-state index contributed by atoms with van der Waals surface area (Å²) >= 11 is 0. The smallest absolute Gasteiger partial charge is 0.213 e. The number of aliphatic imine (C=N–C) groups is 1. The molecule has 1 saturated carbocycles. The second-order valence-electron chi connectivity index (χ2n) is 7.38. The van der Waals surface area contributed by atoms with Crippen LogP contribution in [0.1, 0.15) is 44.7 Å². The molecule has 0 bridgehead atoms. The van der Waals surface area contributed by atoms with Crippen LogP contribution >= 0.6 is 0 Å². The van der Waals surface area contributed by atoms with Gasteiger partial charge in [0.15, 0.2) is 17.5 Å². The molecule has 0 amide bonds. The van der Waals surface area contributed by atoms with Crippen LogP contribution in [0.4, 0.5) is 4.39 Å². The highest BCUT2D eigenvalue weighted by atomic mass is 32.2. The van der Waals surface area contributed by atoms with Gasteiger partial charge in [0.05, 0.1) is 18.4 Å². The highest BCUT2D eigenvalue weighted by molar-refractivity contribution is 7.89. The Kier molecular flexibility index (Phi) is 8.70. The largest absolute Gasteiger partial charge is 0.490 e. The van der Waals surface area contributed by atoms with Crippen molar-refractivity contribution in [3.05, 3.63) is 29.6 Å². The summed E-state index contributed by atoms with van der Waals surface area (Å²) in [7, 11) is 0.0829. The molecule has 7 nitrogen and oxygen atoms in total. The summed E-state index contributed by atoms with van der Waals surface area (Å²) in [4.78, 5) is 4.18. The quantitative estimate of drug-likeness (QED) is 0.321. The van der Waals surface area contributed by atoms with E-state index in [4.69, 9.17) is 4.74 Å². The van der Waals surface area contributed by atoms with Gasteiger partial charge in [0.2, 0.25) is 10.0 Å². The van der Waals surface area contributed by atoms with E-state index >= 15 is 0 Å². The molecule has 0 radical (unpaired) electrons. The zero-order valence-electron chi connectivity index (χ0n) is 17.7. The van der Waals surface area contributed by atoms with E-state index in [1.165, 1.54) is 10.4 Å². The molecule has 2 N–H and O–H groups in total. The highest BCUT2D eigenvalue weighted by Gasteiger charge is 2.22. The Balaban J connectivity index is 1.79. The van der Waals surface area contributed by atoms with E-state index in [2.05, 4.69) is 15.6 Å². The van der Waals surface area contributed by atoms with Gasteiger partial charge < -0.3 is 15.4 Å². The predicted molar refractivity (Wildman–Crippen MR) is 114 cm³/mol. The number of ether oxygens (including phenoxy) is 1. The maximum atomic E-state index is 14.3. The second kappa shape index (κ2) is 10.8. The van der Waals surface area contributed by atoms with Crippen LogP contribution in [-0.2, 0) is 10.0 Å². The van der Waals surface area contributed by atoms with Gasteiger partial charge in [-0.3, -0.25) is 4.99 Å². The molecule has 1 aliphatic rings. The molecule has 1 aliphatic carbocycles. The molecule has 1 aromatic rings. The van der Waals surface area contributed by atoms with Crippen molar-refractivity contribution < 1.29 is 17.5 Å². The number of rotatable bonds is 11. The lowest BCUT2D eigenvalue weighted by atomic mass is 10.1. The fraction of sp³-hybridized carbons (Fsp3) is 0.650. The van der Waals surface area contributed by atoms with Crippen molar-refractivity contribution in [2.75, 3.05) is 39.5 Å². The Morgan fingerprint density at radius 2 is 2.14 bits per heavy atom. The van der Waals surface area contributed by atoms with Gasteiger partial charge in [0, 0.05) is 27.2 Å². The van der Waals surface area contributed by atoms with E-state index in [-0.39, 0.29) is 17.6 Å². The topological polar surface area (TPSA) is 83.0 Å². The molecule has 164 valence electrons. The Hall–Kier alpha value is -1.87. The van der Waals surface area contributed by atoms with E-state index in [1.54, 1.807) is 27.1 Å². The normalized spacial score (nSPS) is 16.0. The van der Waals surface area contributed by atoms with Gasteiger partial charge in [-0.2, -0.15) is 0 Å². The van der Waals surface area contributed by atoms with Gasteiger partial charge in [-0.1, -0.05) is 6.07 Å². The van der Waals surface area contributed by atoms with Crippen molar-refractivity contribution in [1.82, 2.24) is 14.9 Å². The maximum Gasteiger partial charge on any atom is 0.213 e. The third-order valence-corrected chi connectivity index (χ3v) is 6.85. The summed E-state index contributed by atoms with van der Waals surface area (Å²) in [5, 5.41) is 6.38. The minimum atomic E-state index is -3.16. The van der Waals surface area contributed by atoms with Gasteiger partial charge in [-0.05, 0) is 56.7 Å². The summed E-state index contributed by atoms with van der Waals surface area (Å²) in [6.45, 7) is 5.14. The maximum absolute atomic E-state index is 14.3. The SMILES string of the molecule is CCS(=O)(=O)N(C)CCCNC(=NC)NC(C)c1ccc(OCC2CC2)c(F)c1. The minimum Gasteiger partial charge on any atom is -0.490 e. The molecule has 0 aromatic heterocycles. The molecule has 1 aromatic carbocycles. The van der Waals surface area contributed by atoms with Crippen molar-refractivity contribution >= 4 is 16.0 Å². The van der Waals surface area contributed by atoms with Crippen molar-refractivity contribution in [3.63, 3.8) is 0 Å². The Morgan fingerprint density at radius 1 is 1.41 bits per heavy atom. The lowest BCUT2D eigenvalue weighted by Crippen LogP contribution is -2.40. The lowest BCUT2D eigenvalue weighted by molar-refractivity contribution is 0.285. The van der Waals surface area contributed by atoms with Gasteiger partial charge in [0.25, 0.3) is 0 Å². The Bertz CT molecular complexity index is 797. The molecular formula is C20H33FN4O3S. The lowest BCUT2D eigenvalue weighted by Gasteiger charge is -2.20. The molecule has 0 saturated heterocycles. The average molecular weight is 429 g/mol. The summed E-state index contributed by atoms with van der Waals surface area (Å²) in [6, 6.07) is 4.85. The molecule has 9 heteroatoms. The van der Waals surface area contributed by atoms with Crippen molar-refractivity contribution in [1.29, 1.82) is 0 Å². The highest BCUT2D eigenvalue weighted by Crippen LogP contribution is 2.30. The zero-order chi connectivity index (χ0) is 21.4. The van der Waals surface area contributed by atoms with E-state index in [9.17, 15) is 12.8 Å². The van der Waals surface area contributed by atoms with E-state index in [0.29, 0.717) is 43.7 Å². The van der Waals surface area contributed by atoms with Crippen LogP contribution < -0.4 is 15.4 Å². The number of benzene rings is 1. The van der Waals surface area contributed by atoms with Gasteiger partial charge in [0.1, 0.15) is 0 Å². The van der Waals surface area contributed by atoms with Crippen molar-refractivity contribution in [3.8, 4) is 5.75 Å². The first kappa shape index (κ1) is 23.4. The van der Waals surface area contributed by atoms with E-state index in [1.807, 2.05) is 13.0 Å². The second-order valence-corrected chi connectivity index (χ2v) is 9.75. The van der Waals surface area contributed by atoms with Crippen LogP contribution in [0, 0.1) is 11.7 Å². The Labute approximate surface area is 173 Å². The summed E-state index contributed by atoms with van der Waals surface area (Å²) in [5.74, 6) is 1.18. The third kappa shape index (κ3) is 7.47. The molecule has 0 spiro atoms. The van der Waals surface area contributed by atoms with Crippen LogP contribution in [0.25, 0.3) is 0 Å². The van der Waals surface area contributed by atoms with Crippen LogP contribution in [-0.4, -0.2) is 58.2 Å². The number of hydrogen-bond donors (Lipinski definition) is 2. The van der Waals surface area contributed by atoms with E-state index in [0.717, 1.165) is 18.4 Å². The average Bonchev–Trinajstić information content (AvgIpc) is 3.53. The van der Waals surface area contributed by atoms with Gasteiger partial charge in [-0.25, -0.2) is 17.1 Å². The fourth-order valence-corrected chi connectivity index (χ4v) is 3.59. The van der Waals surface area contributed by atoms with Crippen LogP contribution in [0.3, 0.4) is 0 Å². The fourth-order valence-electron chi connectivity index (χ4n) is 2.75. The molecular weight excluding hydrogens is 395 g/mol. The predicted octanol–water partition coefficient (Wildman–Crippen LogP) is 2.51. The molecule has 1 unspecified atom stereocenters. The monoisotopic (exact) mass is 428 g/mol. The summed E-state index contributed by atoms with van der Waals surface area (Å²) < 4.78 is 44.7. The van der Waals surface area contributed by atoms with E-state index < -0.39 is 10.0 Å². The molecule has 0 aliphatic heterocycles. The molecule has 0 heterocycles. The number of halogens is 1. The number of hydrogen-bond acceptors (Lipinski definition) is 4. The number of guanidine groups is 1. The first-order valence-corrected chi connectivity index (χ1v) is 11.7. The van der Waals surface area contributed by atoms with Gasteiger partial charge in [-0.15, -0.1) is 0 Å². The first-order valence-electron chi connectivity index (χ1n) is 10.1. The van der Waals surface area contributed by atoms with Crippen molar-refractivity contribution in [2.24, 2.45) is 10.9 Å². The molecule has 1 fully saturated rings. The van der Waals surface area contributed by atoms with Gasteiger partial charge >= 0.3 is 0 Å². The summed E-state index contributed by atoms with van der Waals surface area (Å²) in [6.07, 6.45) is 2.97. The third-order valence-electron chi connectivity index (χ3n) is 4.99. The Morgan fingerprint density at radius 3 is 2.72 bits per heavy atom.